The first kappa shape index (κ1) is 17.0. The van der Waals surface area contributed by atoms with Crippen molar-refractivity contribution in [1.82, 2.24) is 14.9 Å². The summed E-state index contributed by atoms with van der Waals surface area (Å²) < 4.78 is 14.7. The normalized spacial score (nSPS) is 12.2. The Kier molecular flexibility index (Phi) is 4.97. The number of fused-ring (bicyclic) bond motifs is 1. The van der Waals surface area contributed by atoms with Crippen LogP contribution < -0.4 is 11.0 Å². The second kappa shape index (κ2) is 7.34. The number of rotatable bonds is 6. The van der Waals surface area contributed by atoms with Gasteiger partial charge in [0.25, 0.3) is 0 Å². The number of carbonyl (C=O) groups is 1. The molecule has 25 heavy (non-hydrogen) atoms. The molecular formula is C19H20FN3O2. The molecule has 3 rings (SSSR count). The van der Waals surface area contributed by atoms with Gasteiger partial charge in [0.2, 0.25) is 5.91 Å². The lowest BCUT2D eigenvalue weighted by molar-refractivity contribution is -0.122. The van der Waals surface area contributed by atoms with E-state index in [2.05, 4.69) is 10.3 Å². The number of para-hydroxylation sites is 2. The minimum absolute atomic E-state index is 0.123. The van der Waals surface area contributed by atoms with Crippen molar-refractivity contribution in [2.45, 2.75) is 25.8 Å². The van der Waals surface area contributed by atoms with Crippen molar-refractivity contribution < 1.29 is 9.18 Å². The van der Waals surface area contributed by atoms with E-state index < -0.39 is 0 Å². The lowest BCUT2D eigenvalue weighted by atomic mass is 9.95. The lowest BCUT2D eigenvalue weighted by Crippen LogP contribution is -2.33. The van der Waals surface area contributed by atoms with Crippen molar-refractivity contribution in [2.75, 3.05) is 6.54 Å². The quantitative estimate of drug-likeness (QED) is 0.724. The summed E-state index contributed by atoms with van der Waals surface area (Å²) in [5, 5.41) is 2.87. The van der Waals surface area contributed by atoms with Crippen molar-refractivity contribution in [1.29, 1.82) is 0 Å². The Morgan fingerprint density at radius 2 is 1.92 bits per heavy atom. The molecule has 3 aromatic rings. The summed E-state index contributed by atoms with van der Waals surface area (Å²) in [6, 6.07) is 13.4. The van der Waals surface area contributed by atoms with E-state index in [0.717, 1.165) is 16.6 Å². The third-order valence-corrected chi connectivity index (χ3v) is 4.31. The molecule has 0 fully saturated rings. The highest BCUT2D eigenvalue weighted by Gasteiger charge is 2.18. The van der Waals surface area contributed by atoms with Crippen LogP contribution in [0.1, 0.15) is 24.8 Å². The van der Waals surface area contributed by atoms with Crippen LogP contribution in [0.25, 0.3) is 11.0 Å². The number of aromatic nitrogens is 2. The van der Waals surface area contributed by atoms with Crippen molar-refractivity contribution >= 4 is 16.9 Å². The van der Waals surface area contributed by atoms with Crippen LogP contribution >= 0.6 is 0 Å². The number of hydrogen-bond acceptors (Lipinski definition) is 2. The van der Waals surface area contributed by atoms with Gasteiger partial charge in [-0.3, -0.25) is 9.36 Å². The van der Waals surface area contributed by atoms with E-state index in [1.807, 2.05) is 31.2 Å². The molecule has 0 radical (unpaired) electrons. The molecule has 6 heteroatoms. The van der Waals surface area contributed by atoms with Gasteiger partial charge in [0, 0.05) is 13.1 Å². The first-order chi connectivity index (χ1) is 12.1. The predicted molar refractivity (Wildman–Crippen MR) is 95.0 cm³/mol. The molecule has 1 aromatic heterocycles. The van der Waals surface area contributed by atoms with Gasteiger partial charge in [-0.05, 0) is 36.2 Å². The summed E-state index contributed by atoms with van der Waals surface area (Å²) in [5.74, 6) is -0.778. The molecule has 0 aliphatic carbocycles. The molecule has 2 aromatic carbocycles. The molecule has 130 valence electrons. The van der Waals surface area contributed by atoms with E-state index in [9.17, 15) is 14.0 Å². The summed E-state index contributed by atoms with van der Waals surface area (Å²) >= 11 is 0. The van der Waals surface area contributed by atoms with Gasteiger partial charge in [-0.1, -0.05) is 31.2 Å². The van der Waals surface area contributed by atoms with E-state index in [0.29, 0.717) is 19.5 Å². The third kappa shape index (κ3) is 3.63. The molecule has 1 heterocycles. The zero-order valence-corrected chi connectivity index (χ0v) is 14.0. The Labute approximate surface area is 144 Å². The van der Waals surface area contributed by atoms with Crippen LogP contribution in [-0.4, -0.2) is 22.0 Å². The third-order valence-electron chi connectivity index (χ3n) is 4.31. The van der Waals surface area contributed by atoms with Gasteiger partial charge in [-0.2, -0.15) is 0 Å². The maximum Gasteiger partial charge on any atom is 0.326 e. The molecule has 0 aliphatic rings. The molecule has 1 unspecified atom stereocenters. The zero-order valence-electron chi connectivity index (χ0n) is 14.0. The van der Waals surface area contributed by atoms with Gasteiger partial charge in [0.15, 0.2) is 0 Å². The molecule has 1 atom stereocenters. The first-order valence-electron chi connectivity index (χ1n) is 8.31. The highest BCUT2D eigenvalue weighted by atomic mass is 19.1. The number of H-pyrrole nitrogens is 1. The maximum absolute atomic E-state index is 13.0. The highest BCUT2D eigenvalue weighted by Crippen LogP contribution is 2.20. The first-order valence-corrected chi connectivity index (χ1v) is 8.31. The molecule has 0 bridgehead atoms. The number of aromatic amines is 1. The number of amides is 1. The van der Waals surface area contributed by atoms with Gasteiger partial charge in [-0.25, -0.2) is 9.18 Å². The van der Waals surface area contributed by atoms with Crippen LogP contribution in [-0.2, 0) is 11.3 Å². The number of carbonyl (C=O) groups excluding carboxylic acids is 1. The Morgan fingerprint density at radius 3 is 2.64 bits per heavy atom. The minimum Gasteiger partial charge on any atom is -0.354 e. The predicted octanol–water partition coefficient (Wildman–Crippen LogP) is 2.78. The fraction of sp³-hybridized carbons (Fsp3) is 0.263. The van der Waals surface area contributed by atoms with Crippen LogP contribution in [0.2, 0.25) is 0 Å². The number of nitrogens with one attached hydrogen (secondary N) is 2. The second-order valence-corrected chi connectivity index (χ2v) is 5.90. The van der Waals surface area contributed by atoms with Gasteiger partial charge >= 0.3 is 5.69 Å². The molecule has 5 nitrogen and oxygen atoms in total. The van der Waals surface area contributed by atoms with E-state index in [1.54, 1.807) is 16.7 Å². The number of halogens is 1. The van der Waals surface area contributed by atoms with Crippen LogP contribution in [0.3, 0.4) is 0 Å². The van der Waals surface area contributed by atoms with E-state index in [-0.39, 0.29) is 23.3 Å². The fourth-order valence-electron chi connectivity index (χ4n) is 3.01. The number of benzene rings is 2. The van der Waals surface area contributed by atoms with Crippen LogP contribution in [0, 0.1) is 5.82 Å². The van der Waals surface area contributed by atoms with E-state index in [1.165, 1.54) is 12.1 Å². The van der Waals surface area contributed by atoms with Gasteiger partial charge < -0.3 is 10.3 Å². The van der Waals surface area contributed by atoms with Crippen molar-refractivity contribution in [3.05, 3.63) is 70.4 Å². The standard InChI is InChI=1S/C19H20FN3O2/c1-2-15(13-7-9-14(20)10-8-13)18(24)21-11-12-23-17-6-4-3-5-16(17)22-19(23)25/h3-10,15H,2,11-12H2,1H3,(H,21,24)(H,22,25). The number of hydrogen-bond donors (Lipinski definition) is 2. The average Bonchev–Trinajstić information content (AvgIpc) is 2.93. The molecule has 2 N–H and O–H groups in total. The molecule has 0 spiro atoms. The molecular weight excluding hydrogens is 321 g/mol. The molecule has 0 saturated heterocycles. The van der Waals surface area contributed by atoms with Gasteiger partial charge in [0.1, 0.15) is 5.82 Å². The van der Waals surface area contributed by atoms with E-state index >= 15 is 0 Å². The largest absolute Gasteiger partial charge is 0.354 e. The second-order valence-electron chi connectivity index (χ2n) is 5.90. The summed E-state index contributed by atoms with van der Waals surface area (Å²) in [7, 11) is 0. The Hall–Kier alpha value is -2.89. The van der Waals surface area contributed by atoms with Gasteiger partial charge in [-0.15, -0.1) is 0 Å². The van der Waals surface area contributed by atoms with Crippen LogP contribution in [0.15, 0.2) is 53.3 Å². The molecule has 0 saturated carbocycles. The van der Waals surface area contributed by atoms with Crippen molar-refractivity contribution in [3.8, 4) is 0 Å². The summed E-state index contributed by atoms with van der Waals surface area (Å²) in [5.41, 5.74) is 2.18. The van der Waals surface area contributed by atoms with Crippen molar-refractivity contribution in [2.24, 2.45) is 0 Å². The van der Waals surface area contributed by atoms with Crippen LogP contribution in [0.5, 0.6) is 0 Å². The van der Waals surface area contributed by atoms with Crippen molar-refractivity contribution in [3.63, 3.8) is 0 Å². The van der Waals surface area contributed by atoms with E-state index in [4.69, 9.17) is 0 Å². The number of nitrogens with zero attached hydrogens (tertiary/aromatic N) is 1. The number of imidazole rings is 1. The van der Waals surface area contributed by atoms with Gasteiger partial charge in [0.05, 0.1) is 17.0 Å². The topological polar surface area (TPSA) is 66.9 Å². The fourth-order valence-corrected chi connectivity index (χ4v) is 3.01. The Bertz CT molecular complexity index is 928. The molecule has 0 aliphatic heterocycles. The highest BCUT2D eigenvalue weighted by molar-refractivity contribution is 5.83. The Balaban J connectivity index is 1.66. The Morgan fingerprint density at radius 1 is 1.20 bits per heavy atom. The van der Waals surface area contributed by atoms with Crippen LogP contribution in [0.4, 0.5) is 4.39 Å². The zero-order chi connectivity index (χ0) is 17.8. The monoisotopic (exact) mass is 341 g/mol. The molecule has 1 amide bonds. The SMILES string of the molecule is CCC(C(=O)NCCn1c(=O)[nH]c2ccccc21)c1ccc(F)cc1. The average molecular weight is 341 g/mol. The summed E-state index contributed by atoms with van der Waals surface area (Å²) in [4.78, 5) is 27.2. The smallest absolute Gasteiger partial charge is 0.326 e. The lowest BCUT2D eigenvalue weighted by Gasteiger charge is -2.15. The summed E-state index contributed by atoms with van der Waals surface area (Å²) in [6.45, 7) is 2.64. The maximum atomic E-state index is 13.0. The summed E-state index contributed by atoms with van der Waals surface area (Å²) in [6.07, 6.45) is 0.616. The minimum atomic E-state index is -0.333.